The summed E-state index contributed by atoms with van der Waals surface area (Å²) < 4.78 is 0. The average molecular weight is 293 g/mol. The van der Waals surface area contributed by atoms with Crippen molar-refractivity contribution in [3.63, 3.8) is 0 Å². The van der Waals surface area contributed by atoms with Gasteiger partial charge in [0.15, 0.2) is 5.65 Å². The van der Waals surface area contributed by atoms with Gasteiger partial charge in [-0.25, -0.2) is 9.97 Å². The third-order valence-electron chi connectivity index (χ3n) is 2.81. The van der Waals surface area contributed by atoms with Crippen molar-refractivity contribution >= 4 is 40.2 Å². The van der Waals surface area contributed by atoms with Crippen LogP contribution in [0.1, 0.15) is 0 Å². The van der Waals surface area contributed by atoms with Crippen LogP contribution in [-0.2, 0) is 0 Å². The Balaban J connectivity index is 2.18. The first-order valence-corrected chi connectivity index (χ1v) is 6.43. The summed E-state index contributed by atoms with van der Waals surface area (Å²) in [6, 6.07) is 9.24. The lowest BCUT2D eigenvalue weighted by Gasteiger charge is -2.01. The lowest BCUT2D eigenvalue weighted by molar-refractivity contribution is 1.28. The van der Waals surface area contributed by atoms with E-state index in [2.05, 4.69) is 20.3 Å². The number of imidazole rings is 1. The van der Waals surface area contributed by atoms with Crippen LogP contribution in [0.3, 0.4) is 0 Å². The lowest BCUT2D eigenvalue weighted by Crippen LogP contribution is -1.91. The number of hydrogen-bond donors (Lipinski definition) is 2. The Hall–Kier alpha value is -1.78. The van der Waals surface area contributed by atoms with Gasteiger partial charge in [0.1, 0.15) is 11.6 Å². The largest absolute Gasteiger partial charge is 0.373 e. The fourth-order valence-corrected chi connectivity index (χ4v) is 2.24. The van der Waals surface area contributed by atoms with Crippen LogP contribution >= 0.6 is 23.2 Å². The number of benzene rings is 1. The van der Waals surface area contributed by atoms with Gasteiger partial charge in [-0.05, 0) is 24.3 Å². The molecule has 0 saturated carbocycles. The number of aromatic amines is 1. The summed E-state index contributed by atoms with van der Waals surface area (Å²) in [6.45, 7) is 0. The Labute approximate surface area is 119 Å². The number of anilines is 1. The molecule has 0 aliphatic carbocycles. The molecule has 0 atom stereocenters. The lowest BCUT2D eigenvalue weighted by atomic mass is 10.2. The van der Waals surface area contributed by atoms with E-state index in [0.717, 1.165) is 16.9 Å². The first-order chi connectivity index (χ1) is 9.19. The summed E-state index contributed by atoms with van der Waals surface area (Å²) in [5.41, 5.74) is 2.25. The number of rotatable bonds is 2. The van der Waals surface area contributed by atoms with Crippen molar-refractivity contribution in [1.29, 1.82) is 0 Å². The van der Waals surface area contributed by atoms with Gasteiger partial charge in [-0.15, -0.1) is 0 Å². The minimum Gasteiger partial charge on any atom is -0.373 e. The molecule has 0 radical (unpaired) electrons. The van der Waals surface area contributed by atoms with Crippen molar-refractivity contribution in [2.45, 2.75) is 0 Å². The molecule has 0 unspecified atom stereocenters. The van der Waals surface area contributed by atoms with Gasteiger partial charge >= 0.3 is 0 Å². The summed E-state index contributed by atoms with van der Waals surface area (Å²) >= 11 is 12.2. The van der Waals surface area contributed by atoms with Crippen LogP contribution in [-0.4, -0.2) is 22.0 Å². The van der Waals surface area contributed by atoms with Crippen molar-refractivity contribution in [3.8, 4) is 11.4 Å². The van der Waals surface area contributed by atoms with E-state index in [1.54, 1.807) is 6.07 Å². The first kappa shape index (κ1) is 12.3. The molecule has 96 valence electrons. The maximum absolute atomic E-state index is 6.19. The van der Waals surface area contributed by atoms with Gasteiger partial charge in [0, 0.05) is 12.6 Å². The van der Waals surface area contributed by atoms with Crippen molar-refractivity contribution in [2.24, 2.45) is 0 Å². The molecule has 6 heteroatoms. The van der Waals surface area contributed by atoms with Gasteiger partial charge in [-0.3, -0.25) is 0 Å². The Kier molecular flexibility index (Phi) is 3.05. The molecule has 2 heterocycles. The molecular formula is C13H10Cl2N4. The van der Waals surface area contributed by atoms with E-state index in [1.807, 2.05) is 31.3 Å². The van der Waals surface area contributed by atoms with Gasteiger partial charge in [-0.2, -0.15) is 0 Å². The highest BCUT2D eigenvalue weighted by atomic mass is 35.5. The zero-order chi connectivity index (χ0) is 13.4. The minimum absolute atomic E-state index is 0.483. The smallest absolute Gasteiger partial charge is 0.180 e. The van der Waals surface area contributed by atoms with Crippen molar-refractivity contribution in [2.75, 3.05) is 12.4 Å². The first-order valence-electron chi connectivity index (χ1n) is 5.68. The molecule has 0 saturated heterocycles. The van der Waals surface area contributed by atoms with E-state index in [9.17, 15) is 0 Å². The molecule has 3 aromatic rings. The summed E-state index contributed by atoms with van der Waals surface area (Å²) in [7, 11) is 1.82. The Morgan fingerprint density at radius 2 is 1.95 bits per heavy atom. The van der Waals surface area contributed by atoms with Gasteiger partial charge in [0.25, 0.3) is 0 Å². The molecule has 1 aromatic carbocycles. The van der Waals surface area contributed by atoms with Crippen molar-refractivity contribution in [1.82, 2.24) is 15.0 Å². The number of pyridine rings is 1. The quantitative estimate of drug-likeness (QED) is 0.751. The average Bonchev–Trinajstić information content (AvgIpc) is 2.84. The van der Waals surface area contributed by atoms with Crippen molar-refractivity contribution < 1.29 is 0 Å². The predicted molar refractivity (Wildman–Crippen MR) is 78.9 cm³/mol. The summed E-state index contributed by atoms with van der Waals surface area (Å²) in [4.78, 5) is 12.0. The number of aromatic nitrogens is 3. The minimum atomic E-state index is 0.483. The molecule has 0 aliphatic rings. The topological polar surface area (TPSA) is 53.6 Å². The summed E-state index contributed by atoms with van der Waals surface area (Å²) in [6.07, 6.45) is 0. The van der Waals surface area contributed by atoms with E-state index in [4.69, 9.17) is 23.2 Å². The maximum atomic E-state index is 6.19. The molecule has 2 aromatic heterocycles. The van der Waals surface area contributed by atoms with E-state index in [-0.39, 0.29) is 0 Å². The highest BCUT2D eigenvalue weighted by Gasteiger charge is 2.11. The van der Waals surface area contributed by atoms with Crippen LogP contribution in [0, 0.1) is 0 Å². The van der Waals surface area contributed by atoms with Crippen LogP contribution in [0.4, 0.5) is 5.82 Å². The third kappa shape index (κ3) is 2.13. The van der Waals surface area contributed by atoms with Crippen LogP contribution in [0.2, 0.25) is 10.0 Å². The second-order valence-corrected chi connectivity index (χ2v) is 4.79. The predicted octanol–water partition coefficient (Wildman–Crippen LogP) is 3.97. The van der Waals surface area contributed by atoms with E-state index in [1.165, 1.54) is 0 Å². The highest BCUT2D eigenvalue weighted by molar-refractivity contribution is 6.43. The molecule has 0 spiro atoms. The SMILES string of the molecule is CNc1ccc2[nH]c(-c3cccc(Cl)c3Cl)nc2n1. The maximum Gasteiger partial charge on any atom is 0.180 e. The molecule has 2 N–H and O–H groups in total. The van der Waals surface area contributed by atoms with Crippen LogP contribution in [0.15, 0.2) is 30.3 Å². The van der Waals surface area contributed by atoms with E-state index >= 15 is 0 Å². The van der Waals surface area contributed by atoms with Gasteiger partial charge in [0.05, 0.1) is 15.6 Å². The standard InChI is InChI=1S/C13H10Cl2N4/c1-16-10-6-5-9-13(18-10)19-12(17-9)7-3-2-4-8(14)11(7)15/h2-6H,1H3,(H2,16,17,18,19). The number of fused-ring (bicyclic) bond motifs is 1. The molecule has 0 amide bonds. The number of hydrogen-bond acceptors (Lipinski definition) is 3. The monoisotopic (exact) mass is 292 g/mol. The zero-order valence-corrected chi connectivity index (χ0v) is 11.5. The number of nitrogens with zero attached hydrogens (tertiary/aromatic N) is 2. The van der Waals surface area contributed by atoms with Gasteiger partial charge in [0.2, 0.25) is 0 Å². The molecule has 0 aliphatic heterocycles. The molecule has 19 heavy (non-hydrogen) atoms. The third-order valence-corrected chi connectivity index (χ3v) is 3.63. The van der Waals surface area contributed by atoms with Gasteiger partial charge < -0.3 is 10.3 Å². The second kappa shape index (κ2) is 4.72. The number of nitrogens with one attached hydrogen (secondary N) is 2. The van der Waals surface area contributed by atoms with Crippen LogP contribution < -0.4 is 5.32 Å². The normalized spacial score (nSPS) is 10.9. The Bertz CT molecular complexity index is 751. The fraction of sp³-hybridized carbons (Fsp3) is 0.0769. The molecule has 4 nitrogen and oxygen atoms in total. The second-order valence-electron chi connectivity index (χ2n) is 4.00. The van der Waals surface area contributed by atoms with E-state index in [0.29, 0.717) is 21.5 Å². The van der Waals surface area contributed by atoms with Crippen LogP contribution in [0.25, 0.3) is 22.6 Å². The molecule has 3 rings (SSSR count). The van der Waals surface area contributed by atoms with Crippen molar-refractivity contribution in [3.05, 3.63) is 40.4 Å². The van der Waals surface area contributed by atoms with Gasteiger partial charge in [-0.1, -0.05) is 29.3 Å². The molecule has 0 fully saturated rings. The summed E-state index contributed by atoms with van der Waals surface area (Å²) in [5.74, 6) is 1.42. The van der Waals surface area contributed by atoms with Crippen LogP contribution in [0.5, 0.6) is 0 Å². The fourth-order valence-electron chi connectivity index (χ4n) is 1.85. The number of halogens is 2. The summed E-state index contributed by atoms with van der Waals surface area (Å²) in [5, 5.41) is 3.96. The number of H-pyrrole nitrogens is 1. The Morgan fingerprint density at radius 1 is 1.11 bits per heavy atom. The highest BCUT2D eigenvalue weighted by Crippen LogP contribution is 2.32. The molecule has 0 bridgehead atoms. The zero-order valence-electron chi connectivity index (χ0n) is 10.0. The van der Waals surface area contributed by atoms with E-state index < -0.39 is 0 Å². The Morgan fingerprint density at radius 3 is 2.74 bits per heavy atom. The molecular weight excluding hydrogens is 283 g/mol.